The summed E-state index contributed by atoms with van der Waals surface area (Å²) in [5, 5.41) is 10.2. The van der Waals surface area contributed by atoms with Crippen LogP contribution < -0.4 is 4.90 Å². The zero-order valence-corrected chi connectivity index (χ0v) is 20.0. The number of carbonyl (C=O) groups excluding carboxylic acids is 2. The molecule has 0 N–H and O–H groups in total. The summed E-state index contributed by atoms with van der Waals surface area (Å²) in [7, 11) is 0. The molecule has 7 nitrogen and oxygen atoms in total. The topological polar surface area (TPSA) is 80.5 Å². The van der Waals surface area contributed by atoms with Crippen molar-refractivity contribution in [2.45, 2.75) is 70.4 Å². The molecule has 1 aromatic rings. The monoisotopic (exact) mass is 459 g/mol. The van der Waals surface area contributed by atoms with E-state index in [0.29, 0.717) is 42.8 Å². The van der Waals surface area contributed by atoms with Crippen LogP contribution >= 0.6 is 0 Å². The highest BCUT2D eigenvalue weighted by Gasteiger charge is 2.45. The minimum atomic E-state index is 0.0289. The lowest BCUT2D eigenvalue weighted by Crippen LogP contribution is -2.57. The Bertz CT molecular complexity index is 1090. The Balaban J connectivity index is 1.33. The molecule has 7 heteroatoms. The van der Waals surface area contributed by atoms with Crippen molar-refractivity contribution in [3.05, 3.63) is 34.5 Å². The third kappa shape index (κ3) is 3.87. The second-order valence-electron chi connectivity index (χ2n) is 10.7. The number of allylic oxidation sites excluding steroid dienone is 1. The van der Waals surface area contributed by atoms with Gasteiger partial charge in [-0.2, -0.15) is 5.26 Å². The average molecular weight is 460 g/mol. The third-order valence-corrected chi connectivity index (χ3v) is 8.20. The molecule has 0 spiro atoms. The van der Waals surface area contributed by atoms with E-state index in [1.165, 1.54) is 12.8 Å². The second-order valence-corrected chi connectivity index (χ2v) is 10.7. The van der Waals surface area contributed by atoms with Crippen LogP contribution in [-0.2, 0) is 22.6 Å². The van der Waals surface area contributed by atoms with Gasteiger partial charge in [-0.15, -0.1) is 0 Å². The summed E-state index contributed by atoms with van der Waals surface area (Å²) in [6, 6.07) is 2.74. The van der Waals surface area contributed by atoms with Gasteiger partial charge < -0.3 is 14.7 Å². The Labute approximate surface area is 201 Å². The van der Waals surface area contributed by atoms with Crippen molar-refractivity contribution in [2.75, 3.05) is 31.1 Å². The molecule has 1 saturated heterocycles. The number of hydrogen-bond donors (Lipinski definition) is 0. The van der Waals surface area contributed by atoms with Gasteiger partial charge in [0.15, 0.2) is 0 Å². The van der Waals surface area contributed by atoms with Crippen LogP contribution in [0.25, 0.3) is 0 Å². The Morgan fingerprint density at radius 3 is 2.50 bits per heavy atom. The molecular formula is C27H33N5O2. The molecule has 1 atom stereocenters. The minimum Gasteiger partial charge on any atom is -0.352 e. The maximum Gasteiger partial charge on any atom is 0.246 e. The highest BCUT2D eigenvalue weighted by molar-refractivity contribution is 5.87. The van der Waals surface area contributed by atoms with Gasteiger partial charge in [0.05, 0.1) is 17.3 Å². The van der Waals surface area contributed by atoms with Gasteiger partial charge >= 0.3 is 0 Å². The molecule has 2 amide bonds. The molecule has 2 aliphatic heterocycles. The van der Waals surface area contributed by atoms with Gasteiger partial charge in [-0.05, 0) is 75.0 Å². The van der Waals surface area contributed by atoms with E-state index in [1.54, 1.807) is 12.2 Å². The quantitative estimate of drug-likeness (QED) is 0.632. The van der Waals surface area contributed by atoms with Gasteiger partial charge in [0.2, 0.25) is 11.8 Å². The van der Waals surface area contributed by atoms with Crippen LogP contribution in [0, 0.1) is 23.2 Å². The molecule has 178 valence electrons. The fraction of sp³-hybridized carbons (Fsp3) is 0.630. The third-order valence-electron chi connectivity index (χ3n) is 8.20. The number of nitriles is 1. The molecule has 1 aromatic heterocycles. The van der Waals surface area contributed by atoms with E-state index in [9.17, 15) is 14.9 Å². The van der Waals surface area contributed by atoms with Gasteiger partial charge in [0.1, 0.15) is 11.9 Å². The fourth-order valence-electron chi connectivity index (χ4n) is 5.85. The molecule has 34 heavy (non-hydrogen) atoms. The predicted octanol–water partition coefficient (Wildman–Crippen LogP) is 3.13. The van der Waals surface area contributed by atoms with Crippen LogP contribution in [0.3, 0.4) is 0 Å². The number of nitrogens with zero attached hydrogens (tertiary/aromatic N) is 5. The Kier molecular flexibility index (Phi) is 5.35. The van der Waals surface area contributed by atoms with Crippen molar-refractivity contribution in [1.29, 1.82) is 5.26 Å². The highest BCUT2D eigenvalue weighted by atomic mass is 16.2. The first-order valence-electron chi connectivity index (χ1n) is 13.0. The van der Waals surface area contributed by atoms with Crippen molar-refractivity contribution in [1.82, 2.24) is 14.8 Å². The zero-order valence-electron chi connectivity index (χ0n) is 20.0. The van der Waals surface area contributed by atoms with Crippen LogP contribution in [0.4, 0.5) is 5.82 Å². The van der Waals surface area contributed by atoms with E-state index < -0.39 is 0 Å². The van der Waals surface area contributed by atoms with Crippen molar-refractivity contribution in [3.63, 3.8) is 0 Å². The smallest absolute Gasteiger partial charge is 0.246 e. The normalized spacial score (nSPS) is 24.8. The summed E-state index contributed by atoms with van der Waals surface area (Å²) in [6.07, 6.45) is 10.8. The van der Waals surface area contributed by atoms with Crippen LogP contribution in [0.2, 0.25) is 0 Å². The first-order valence-corrected chi connectivity index (χ1v) is 13.0. The molecule has 3 saturated carbocycles. The number of piperazine rings is 1. The number of hydrogen-bond acceptors (Lipinski definition) is 5. The van der Waals surface area contributed by atoms with Crippen molar-refractivity contribution >= 4 is 17.6 Å². The van der Waals surface area contributed by atoms with Crippen molar-refractivity contribution in [2.24, 2.45) is 11.8 Å². The Morgan fingerprint density at radius 1 is 1.06 bits per heavy atom. The summed E-state index contributed by atoms with van der Waals surface area (Å²) in [5.41, 5.74) is 3.99. The number of fused-ring (bicyclic) bond motifs is 1. The first kappa shape index (κ1) is 21.6. The Morgan fingerprint density at radius 2 is 1.85 bits per heavy atom. The van der Waals surface area contributed by atoms with Crippen molar-refractivity contribution in [3.8, 4) is 6.07 Å². The molecule has 5 aliphatic rings. The largest absolute Gasteiger partial charge is 0.352 e. The highest BCUT2D eigenvalue weighted by Crippen LogP contribution is 2.45. The van der Waals surface area contributed by atoms with Gasteiger partial charge in [-0.1, -0.05) is 6.08 Å². The molecule has 4 fully saturated rings. The molecular weight excluding hydrogens is 426 g/mol. The van der Waals surface area contributed by atoms with Gasteiger partial charge in [0, 0.05) is 44.6 Å². The predicted molar refractivity (Wildman–Crippen MR) is 128 cm³/mol. The summed E-state index contributed by atoms with van der Waals surface area (Å²) >= 11 is 0. The summed E-state index contributed by atoms with van der Waals surface area (Å²) in [4.78, 5) is 37.0. The number of amides is 2. The summed E-state index contributed by atoms with van der Waals surface area (Å²) < 4.78 is 0. The average Bonchev–Trinajstić information content (AvgIpc) is 3.72. The summed E-state index contributed by atoms with van der Waals surface area (Å²) in [6.45, 7) is 5.27. The Hall–Kier alpha value is -2.88. The SMILES string of the molecule is C/C=C/C(=O)N1CCc2c(C#N)c(N3CCN(C(=O)C4CC4)C(C4CC4)C3)nc(C3CC3)c2C1. The second kappa shape index (κ2) is 8.41. The maximum absolute atomic E-state index is 12.9. The van der Waals surface area contributed by atoms with Crippen LogP contribution in [0.5, 0.6) is 0 Å². The maximum atomic E-state index is 12.9. The number of anilines is 1. The number of pyridine rings is 1. The van der Waals surface area contributed by atoms with Gasteiger partial charge in [0.25, 0.3) is 0 Å². The molecule has 0 aromatic carbocycles. The van der Waals surface area contributed by atoms with Crippen molar-refractivity contribution < 1.29 is 9.59 Å². The van der Waals surface area contributed by atoms with E-state index in [4.69, 9.17) is 4.98 Å². The van der Waals surface area contributed by atoms with E-state index in [1.807, 2.05) is 11.8 Å². The standard InChI is InChI=1S/C27H33N5O2/c1-2-3-24(33)30-11-10-20-21(14-28)26(29-25(18-6-7-18)22(20)15-30)31-12-13-32(27(34)19-8-9-19)23(16-31)17-4-5-17/h2-3,17-19,23H,4-13,15-16H2,1H3/b3-2+. The first-order chi connectivity index (χ1) is 16.6. The fourth-order valence-corrected chi connectivity index (χ4v) is 5.85. The molecule has 1 unspecified atom stereocenters. The number of rotatable bonds is 5. The number of carbonyl (C=O) groups is 2. The van der Waals surface area contributed by atoms with Gasteiger partial charge in [-0.25, -0.2) is 4.98 Å². The summed E-state index contributed by atoms with van der Waals surface area (Å²) in [5.74, 6) is 2.47. The van der Waals surface area contributed by atoms with Crippen LogP contribution in [0.1, 0.15) is 73.8 Å². The van der Waals surface area contributed by atoms with Crippen LogP contribution in [0.15, 0.2) is 12.2 Å². The minimum absolute atomic E-state index is 0.0289. The van der Waals surface area contributed by atoms with E-state index in [2.05, 4.69) is 15.9 Å². The molecule has 0 bridgehead atoms. The molecule has 6 rings (SSSR count). The lowest BCUT2D eigenvalue weighted by atomic mass is 9.92. The lowest BCUT2D eigenvalue weighted by molar-refractivity contribution is -0.135. The molecule has 3 heterocycles. The zero-order chi connectivity index (χ0) is 23.4. The number of aromatic nitrogens is 1. The van der Waals surface area contributed by atoms with E-state index >= 15 is 0 Å². The van der Waals surface area contributed by atoms with E-state index in [-0.39, 0.29) is 17.9 Å². The van der Waals surface area contributed by atoms with Crippen LogP contribution in [-0.4, -0.2) is 58.8 Å². The molecule has 3 aliphatic carbocycles. The lowest BCUT2D eigenvalue weighted by Gasteiger charge is -2.43. The molecule has 0 radical (unpaired) electrons. The van der Waals surface area contributed by atoms with Gasteiger partial charge in [-0.3, -0.25) is 9.59 Å². The van der Waals surface area contributed by atoms with E-state index in [0.717, 1.165) is 68.0 Å².